The predicted molar refractivity (Wildman–Crippen MR) is 102 cm³/mol. The molecule has 9 heteroatoms. The number of hydrogen-bond donors (Lipinski definition) is 0. The number of carbonyl (C=O) groups excluding carboxylic acids is 1. The highest BCUT2D eigenvalue weighted by Gasteiger charge is 2.21. The fraction of sp³-hybridized carbons (Fsp3) is 0.529. The van der Waals surface area contributed by atoms with Crippen LogP contribution in [0.1, 0.15) is 6.42 Å². The molecule has 0 atom stereocenters. The van der Waals surface area contributed by atoms with Gasteiger partial charge in [0.05, 0.1) is 29.0 Å². The molecule has 0 N–H and O–H groups in total. The van der Waals surface area contributed by atoms with Crippen LogP contribution >= 0.6 is 11.6 Å². The molecule has 0 bridgehead atoms. The molecule has 0 unspecified atom stereocenters. The highest BCUT2D eigenvalue weighted by molar-refractivity contribution is 7.90. The van der Waals surface area contributed by atoms with Crippen molar-refractivity contribution in [3.63, 3.8) is 0 Å². The van der Waals surface area contributed by atoms with Crippen LogP contribution in [0.25, 0.3) is 10.9 Å². The number of nitrogens with zero attached hydrogens (tertiary/aromatic N) is 4. The zero-order valence-corrected chi connectivity index (χ0v) is 16.3. The number of halogens is 1. The molecule has 2 aromatic rings. The van der Waals surface area contributed by atoms with Gasteiger partial charge in [-0.1, -0.05) is 17.7 Å². The highest BCUT2D eigenvalue weighted by atomic mass is 35.5. The van der Waals surface area contributed by atoms with Crippen LogP contribution in [0, 0.1) is 0 Å². The van der Waals surface area contributed by atoms with E-state index >= 15 is 0 Å². The molecule has 142 valence electrons. The van der Waals surface area contributed by atoms with Crippen molar-refractivity contribution in [1.29, 1.82) is 0 Å². The average Bonchev–Trinajstić information content (AvgIpc) is 3.02. The predicted octanol–water partition coefficient (Wildman–Crippen LogP) is 1.27. The topological polar surface area (TPSA) is 75.5 Å². The van der Waals surface area contributed by atoms with Crippen molar-refractivity contribution in [3.05, 3.63) is 29.4 Å². The van der Waals surface area contributed by atoms with Crippen LogP contribution in [-0.4, -0.2) is 78.6 Å². The van der Waals surface area contributed by atoms with Gasteiger partial charge in [0.15, 0.2) is 0 Å². The molecule has 1 saturated heterocycles. The summed E-state index contributed by atoms with van der Waals surface area (Å²) in [5, 5.41) is 5.88. The Morgan fingerprint density at radius 2 is 1.92 bits per heavy atom. The molecule has 7 nitrogen and oxygen atoms in total. The second-order valence-electron chi connectivity index (χ2n) is 6.64. The van der Waals surface area contributed by atoms with Crippen LogP contribution in [-0.2, 0) is 21.2 Å². The van der Waals surface area contributed by atoms with Crippen LogP contribution in [0.4, 0.5) is 0 Å². The molecule has 3 rings (SSSR count). The quantitative estimate of drug-likeness (QED) is 0.732. The van der Waals surface area contributed by atoms with Crippen molar-refractivity contribution in [2.45, 2.75) is 13.0 Å². The third kappa shape index (κ3) is 4.75. The highest BCUT2D eigenvalue weighted by Crippen LogP contribution is 2.22. The lowest BCUT2D eigenvalue weighted by molar-refractivity contribution is -0.133. The molecule has 1 aromatic carbocycles. The molecule has 0 aliphatic carbocycles. The summed E-state index contributed by atoms with van der Waals surface area (Å²) in [5.41, 5.74) is 0.927. The zero-order valence-electron chi connectivity index (χ0n) is 14.8. The Balaban J connectivity index is 1.49. The Bertz CT molecular complexity index is 889. The molecule has 1 fully saturated rings. The first-order valence-electron chi connectivity index (χ1n) is 8.61. The minimum atomic E-state index is -2.95. The lowest BCUT2D eigenvalue weighted by Gasteiger charge is -2.34. The molecule has 0 radical (unpaired) electrons. The Labute approximate surface area is 158 Å². The number of rotatable bonds is 6. The van der Waals surface area contributed by atoms with Crippen LogP contribution in [0.15, 0.2) is 24.4 Å². The van der Waals surface area contributed by atoms with Crippen LogP contribution in [0.5, 0.6) is 0 Å². The summed E-state index contributed by atoms with van der Waals surface area (Å²) in [5.74, 6) is 0.258. The largest absolute Gasteiger partial charge is 0.340 e. The van der Waals surface area contributed by atoms with Gasteiger partial charge in [0.2, 0.25) is 5.91 Å². The third-order valence-corrected chi connectivity index (χ3v) is 5.93. The van der Waals surface area contributed by atoms with E-state index in [0.29, 0.717) is 50.7 Å². The summed E-state index contributed by atoms with van der Waals surface area (Å²) in [6, 6.07) is 5.64. The first-order chi connectivity index (χ1) is 12.3. The Hall–Kier alpha value is -1.64. The SMILES string of the molecule is CS(=O)(=O)CCN1CCN(C(=O)CCn2ncc3c(Cl)cccc32)CC1. The molecule has 1 aromatic heterocycles. The van der Waals surface area contributed by atoms with Gasteiger partial charge in [-0.2, -0.15) is 5.10 Å². The molecular formula is C17H23ClN4O3S. The smallest absolute Gasteiger partial charge is 0.224 e. The summed E-state index contributed by atoms with van der Waals surface area (Å²) < 4.78 is 24.3. The number of aromatic nitrogens is 2. The number of benzene rings is 1. The van der Waals surface area contributed by atoms with Crippen LogP contribution < -0.4 is 0 Å². The van der Waals surface area contributed by atoms with Gasteiger partial charge < -0.3 is 4.90 Å². The van der Waals surface area contributed by atoms with E-state index in [2.05, 4.69) is 10.00 Å². The summed E-state index contributed by atoms with van der Waals surface area (Å²) in [7, 11) is -2.95. The molecule has 1 amide bonds. The monoisotopic (exact) mass is 398 g/mol. The van der Waals surface area contributed by atoms with E-state index in [-0.39, 0.29) is 11.7 Å². The van der Waals surface area contributed by atoms with Gasteiger partial charge >= 0.3 is 0 Å². The second-order valence-corrected chi connectivity index (χ2v) is 9.31. The maximum atomic E-state index is 12.5. The van der Waals surface area contributed by atoms with E-state index in [1.807, 2.05) is 27.8 Å². The average molecular weight is 399 g/mol. The number of amides is 1. The van der Waals surface area contributed by atoms with Crippen molar-refractivity contribution in [1.82, 2.24) is 19.6 Å². The molecular weight excluding hydrogens is 376 g/mol. The van der Waals surface area contributed by atoms with Gasteiger partial charge in [-0.25, -0.2) is 8.42 Å². The van der Waals surface area contributed by atoms with Crippen molar-refractivity contribution in [2.24, 2.45) is 0 Å². The normalized spacial score (nSPS) is 16.3. The summed E-state index contributed by atoms with van der Waals surface area (Å²) in [4.78, 5) is 16.4. The van der Waals surface area contributed by atoms with Gasteiger partial charge in [0, 0.05) is 50.8 Å². The summed E-state index contributed by atoms with van der Waals surface area (Å²) in [6.07, 6.45) is 3.36. The first kappa shape index (κ1) is 19.1. The fourth-order valence-electron chi connectivity index (χ4n) is 3.12. The summed E-state index contributed by atoms with van der Waals surface area (Å²) >= 11 is 6.15. The van der Waals surface area contributed by atoms with Crippen molar-refractivity contribution >= 4 is 38.2 Å². The Kier molecular flexibility index (Phi) is 5.84. The van der Waals surface area contributed by atoms with E-state index in [1.54, 1.807) is 6.20 Å². The van der Waals surface area contributed by atoms with E-state index in [9.17, 15) is 13.2 Å². The molecule has 0 saturated carbocycles. The lowest BCUT2D eigenvalue weighted by Crippen LogP contribution is -2.49. The second kappa shape index (κ2) is 7.94. The molecule has 1 aliphatic rings. The zero-order chi connectivity index (χ0) is 18.7. The Morgan fingerprint density at radius 1 is 1.19 bits per heavy atom. The van der Waals surface area contributed by atoms with Gasteiger partial charge in [-0.3, -0.25) is 14.4 Å². The molecule has 26 heavy (non-hydrogen) atoms. The number of sulfone groups is 1. The van der Waals surface area contributed by atoms with Gasteiger partial charge in [0.25, 0.3) is 0 Å². The molecule has 1 aliphatic heterocycles. The van der Waals surface area contributed by atoms with Crippen molar-refractivity contribution < 1.29 is 13.2 Å². The minimum absolute atomic E-state index is 0.0958. The molecule has 2 heterocycles. The van der Waals surface area contributed by atoms with Crippen LogP contribution in [0.3, 0.4) is 0 Å². The number of piperazine rings is 1. The standard InChI is InChI=1S/C17H23ClN4O3S/c1-26(24,25)12-11-20-7-9-21(10-8-20)17(23)5-6-22-16-4-2-3-15(18)14(16)13-19-22/h2-4,13H,5-12H2,1H3. The van der Waals surface area contributed by atoms with Crippen molar-refractivity contribution in [3.8, 4) is 0 Å². The first-order valence-corrected chi connectivity index (χ1v) is 11.1. The minimum Gasteiger partial charge on any atom is -0.340 e. The number of hydrogen-bond acceptors (Lipinski definition) is 5. The van der Waals surface area contributed by atoms with E-state index in [1.165, 1.54) is 6.26 Å². The van der Waals surface area contributed by atoms with Gasteiger partial charge in [0.1, 0.15) is 9.84 Å². The van der Waals surface area contributed by atoms with Crippen LogP contribution in [0.2, 0.25) is 5.02 Å². The molecule has 0 spiro atoms. The maximum absolute atomic E-state index is 12.5. The number of aryl methyl sites for hydroxylation is 1. The summed E-state index contributed by atoms with van der Waals surface area (Å²) in [6.45, 7) is 3.73. The Morgan fingerprint density at radius 3 is 2.62 bits per heavy atom. The van der Waals surface area contributed by atoms with Crippen molar-refractivity contribution in [2.75, 3.05) is 44.7 Å². The third-order valence-electron chi connectivity index (χ3n) is 4.67. The van der Waals surface area contributed by atoms with E-state index in [4.69, 9.17) is 11.6 Å². The maximum Gasteiger partial charge on any atom is 0.224 e. The van der Waals surface area contributed by atoms with Gasteiger partial charge in [-0.15, -0.1) is 0 Å². The van der Waals surface area contributed by atoms with Gasteiger partial charge in [-0.05, 0) is 12.1 Å². The van der Waals surface area contributed by atoms with E-state index < -0.39 is 9.84 Å². The number of fused-ring (bicyclic) bond motifs is 1. The lowest BCUT2D eigenvalue weighted by atomic mass is 10.2. The number of carbonyl (C=O) groups is 1. The van der Waals surface area contributed by atoms with E-state index in [0.717, 1.165) is 10.9 Å². The fourth-order valence-corrected chi connectivity index (χ4v) is 3.93.